The van der Waals surface area contributed by atoms with E-state index in [9.17, 15) is 21.6 Å². The first kappa shape index (κ1) is 27.1. The fraction of sp³-hybridized carbons (Fsp3) is 0.208. The first-order valence-corrected chi connectivity index (χ1v) is 13.7. The number of hydrogen-bond acceptors (Lipinski definition) is 7. The molecule has 2 N–H and O–H groups in total. The number of nitrogens with one attached hydrogen (secondary N) is 2. The summed E-state index contributed by atoms with van der Waals surface area (Å²) in [4.78, 5) is 3.88. The number of nitrogens with zero attached hydrogens (tertiary/aromatic N) is 5. The van der Waals surface area contributed by atoms with Gasteiger partial charge in [-0.25, -0.2) is 13.4 Å². The Kier molecular flexibility index (Phi) is 6.91. The molecule has 1 aliphatic heterocycles. The number of benzene rings is 2. The molecule has 3 aromatic heterocycles. The normalized spacial score (nSPS) is 14.3. The van der Waals surface area contributed by atoms with Gasteiger partial charge in [0.1, 0.15) is 6.33 Å². The lowest BCUT2D eigenvalue weighted by molar-refractivity contribution is -0.137. The summed E-state index contributed by atoms with van der Waals surface area (Å²) in [6.45, 7) is 1.50. The summed E-state index contributed by atoms with van der Waals surface area (Å²) in [5.41, 5.74) is 1.81. The maximum atomic E-state index is 13.7. The summed E-state index contributed by atoms with van der Waals surface area (Å²) in [6.07, 6.45) is 0.285. The molecule has 0 spiro atoms. The van der Waals surface area contributed by atoms with E-state index in [0.29, 0.717) is 33.3 Å². The number of aromatic nitrogens is 5. The zero-order valence-electron chi connectivity index (χ0n) is 20.2. The molecule has 1 fully saturated rings. The van der Waals surface area contributed by atoms with Gasteiger partial charge in [-0.05, 0) is 35.9 Å². The maximum Gasteiger partial charge on any atom is 0.416 e. The van der Waals surface area contributed by atoms with E-state index < -0.39 is 21.8 Å². The Morgan fingerprint density at radius 1 is 1.08 bits per heavy atom. The van der Waals surface area contributed by atoms with Gasteiger partial charge in [-0.2, -0.15) is 22.6 Å². The number of anilines is 1. The Morgan fingerprint density at radius 2 is 1.87 bits per heavy atom. The lowest BCUT2D eigenvalue weighted by Crippen LogP contribution is -2.43. The van der Waals surface area contributed by atoms with Crippen LogP contribution in [0.2, 0.25) is 0 Å². The van der Waals surface area contributed by atoms with Crippen LogP contribution in [0.3, 0.4) is 0 Å². The van der Waals surface area contributed by atoms with Gasteiger partial charge in [0.2, 0.25) is 5.13 Å². The summed E-state index contributed by atoms with van der Waals surface area (Å²) >= 11 is 0.916. The van der Waals surface area contributed by atoms with E-state index in [2.05, 4.69) is 24.5 Å². The van der Waals surface area contributed by atoms with E-state index in [1.54, 1.807) is 40.8 Å². The van der Waals surface area contributed by atoms with E-state index in [-0.39, 0.29) is 28.5 Å². The van der Waals surface area contributed by atoms with Gasteiger partial charge in [-0.3, -0.25) is 9.40 Å². The van der Waals surface area contributed by atoms with Crippen molar-refractivity contribution in [3.05, 3.63) is 66.7 Å². The first-order valence-electron chi connectivity index (χ1n) is 11.5. The van der Waals surface area contributed by atoms with Gasteiger partial charge < -0.3 is 9.88 Å². The molecule has 1 aliphatic rings. The van der Waals surface area contributed by atoms with Crippen LogP contribution in [0.1, 0.15) is 11.6 Å². The summed E-state index contributed by atoms with van der Waals surface area (Å²) < 4.78 is 76.4. The predicted molar refractivity (Wildman–Crippen MR) is 144 cm³/mol. The SMILES string of the molecule is Cl.Cn1cc(-c2ccc(C(F)(F)F)cc2-c2ccn(C3CNC3)n2)c2ccc(S(=O)(=O)Nc3ncns3)cc21. The van der Waals surface area contributed by atoms with Crippen LogP contribution in [0, 0.1) is 0 Å². The number of fused-ring (bicyclic) bond motifs is 1. The van der Waals surface area contributed by atoms with Crippen LogP contribution < -0.4 is 10.0 Å². The highest BCUT2D eigenvalue weighted by atomic mass is 35.5. The third-order valence-electron chi connectivity index (χ3n) is 6.51. The van der Waals surface area contributed by atoms with Crippen LogP contribution in [0.4, 0.5) is 18.3 Å². The summed E-state index contributed by atoms with van der Waals surface area (Å²) in [7, 11) is -2.17. The van der Waals surface area contributed by atoms with E-state index in [1.807, 2.05) is 0 Å². The molecule has 204 valence electrons. The number of aryl methyl sites for hydroxylation is 1. The zero-order valence-corrected chi connectivity index (χ0v) is 22.6. The van der Waals surface area contributed by atoms with E-state index >= 15 is 0 Å². The Balaban J connectivity index is 0.00000308. The highest BCUT2D eigenvalue weighted by Gasteiger charge is 2.32. The van der Waals surface area contributed by atoms with Crippen molar-refractivity contribution in [3.8, 4) is 22.4 Å². The van der Waals surface area contributed by atoms with E-state index in [0.717, 1.165) is 36.8 Å². The zero-order chi connectivity index (χ0) is 26.7. The second kappa shape index (κ2) is 9.93. The van der Waals surface area contributed by atoms with Crippen molar-refractivity contribution in [2.75, 3.05) is 17.8 Å². The second-order valence-electron chi connectivity index (χ2n) is 8.94. The van der Waals surface area contributed by atoms with Gasteiger partial charge in [-0.1, -0.05) is 12.1 Å². The van der Waals surface area contributed by atoms with Crippen LogP contribution in [-0.2, 0) is 23.2 Å². The van der Waals surface area contributed by atoms with Gasteiger partial charge in [0.05, 0.1) is 22.2 Å². The molecule has 1 saturated heterocycles. The van der Waals surface area contributed by atoms with Crippen molar-refractivity contribution in [1.82, 2.24) is 29.0 Å². The summed E-state index contributed by atoms with van der Waals surface area (Å²) in [6, 6.07) is 10.1. The molecule has 15 heteroatoms. The molecule has 0 atom stereocenters. The standard InChI is InChI=1S/C24H20F3N7O2S2.ClH/c1-33-12-20(18-5-3-16(9-22(18)33)38(35,36)32-23-29-13-30-37-23)17-4-2-14(24(25,26)27)8-19(17)21-6-7-34(31-21)15-10-28-11-15;/h2-9,12-13,15,28H,10-11H2,1H3,(H,29,30,32);1H. The minimum Gasteiger partial charge on any atom is -0.350 e. The molecule has 39 heavy (non-hydrogen) atoms. The van der Waals surface area contributed by atoms with Crippen LogP contribution in [0.5, 0.6) is 0 Å². The molecule has 9 nitrogen and oxygen atoms in total. The fourth-order valence-electron chi connectivity index (χ4n) is 4.45. The van der Waals surface area contributed by atoms with Crippen LogP contribution >= 0.6 is 23.9 Å². The molecule has 4 heterocycles. The number of alkyl halides is 3. The van der Waals surface area contributed by atoms with Crippen molar-refractivity contribution in [1.29, 1.82) is 0 Å². The monoisotopic (exact) mass is 595 g/mol. The van der Waals surface area contributed by atoms with Crippen molar-refractivity contribution in [2.24, 2.45) is 7.05 Å². The van der Waals surface area contributed by atoms with Crippen molar-refractivity contribution < 1.29 is 21.6 Å². The molecule has 5 aromatic rings. The third kappa shape index (κ3) is 5.00. The largest absolute Gasteiger partial charge is 0.416 e. The molecule has 6 rings (SSSR count). The average molecular weight is 596 g/mol. The number of sulfonamides is 1. The van der Waals surface area contributed by atoms with Crippen LogP contribution in [-0.4, -0.2) is 45.2 Å². The van der Waals surface area contributed by atoms with Crippen LogP contribution in [0.15, 0.2) is 66.1 Å². The Labute approximate surface area is 231 Å². The Bertz CT molecular complexity index is 1760. The highest BCUT2D eigenvalue weighted by molar-refractivity contribution is 7.93. The molecule has 0 bridgehead atoms. The topological polar surface area (TPSA) is 107 Å². The molecule has 0 amide bonds. The third-order valence-corrected chi connectivity index (χ3v) is 8.56. The Morgan fingerprint density at radius 3 is 2.54 bits per heavy atom. The highest BCUT2D eigenvalue weighted by Crippen LogP contribution is 2.41. The number of hydrogen-bond donors (Lipinski definition) is 2. The molecule has 0 radical (unpaired) electrons. The smallest absolute Gasteiger partial charge is 0.350 e. The summed E-state index contributed by atoms with van der Waals surface area (Å²) in [5, 5.41) is 8.57. The van der Waals surface area contributed by atoms with Gasteiger partial charge in [0.15, 0.2) is 0 Å². The van der Waals surface area contributed by atoms with E-state index in [4.69, 9.17) is 0 Å². The minimum atomic E-state index is -4.52. The van der Waals surface area contributed by atoms with Crippen LogP contribution in [0.25, 0.3) is 33.3 Å². The Hall–Kier alpha value is -3.46. The molecular weight excluding hydrogens is 575 g/mol. The van der Waals surface area contributed by atoms with Gasteiger partial charge in [-0.15, -0.1) is 12.4 Å². The van der Waals surface area contributed by atoms with Crippen molar-refractivity contribution in [3.63, 3.8) is 0 Å². The molecule has 2 aromatic carbocycles. The summed E-state index contributed by atoms with van der Waals surface area (Å²) in [5.74, 6) is 0. The minimum absolute atomic E-state index is 0. The molecule has 0 unspecified atom stereocenters. The fourth-order valence-corrected chi connectivity index (χ4v) is 6.13. The number of halogens is 4. The van der Waals surface area contributed by atoms with Gasteiger partial charge >= 0.3 is 6.18 Å². The van der Waals surface area contributed by atoms with Crippen molar-refractivity contribution >= 4 is 50.0 Å². The van der Waals surface area contributed by atoms with Gasteiger partial charge in [0.25, 0.3) is 10.0 Å². The maximum absolute atomic E-state index is 13.7. The molecular formula is C24H21ClF3N7O2S2. The lowest BCUT2D eigenvalue weighted by atomic mass is 9.95. The van der Waals surface area contributed by atoms with Gasteiger partial charge in [0, 0.05) is 66.1 Å². The average Bonchev–Trinajstić information content (AvgIpc) is 3.58. The lowest BCUT2D eigenvalue weighted by Gasteiger charge is -2.27. The number of rotatable bonds is 6. The van der Waals surface area contributed by atoms with E-state index in [1.165, 1.54) is 24.5 Å². The second-order valence-corrected chi connectivity index (χ2v) is 11.4. The predicted octanol–water partition coefficient (Wildman–Crippen LogP) is 4.95. The van der Waals surface area contributed by atoms with Crippen molar-refractivity contribution in [2.45, 2.75) is 17.1 Å². The first-order chi connectivity index (χ1) is 18.1. The molecule has 0 saturated carbocycles. The quantitative estimate of drug-likeness (QED) is 0.288. The molecule has 0 aliphatic carbocycles.